The highest BCUT2D eigenvalue weighted by molar-refractivity contribution is 5.83. The number of piperidine rings is 2. The number of aliphatic carboxylic acids is 1. The molecule has 0 atom stereocenters. The lowest BCUT2D eigenvalue weighted by atomic mass is 9.79. The van der Waals surface area contributed by atoms with Crippen molar-refractivity contribution in [2.75, 3.05) is 19.6 Å². The normalized spacial score (nSPS) is 20.8. The minimum Gasteiger partial charge on any atom is -0.475 e. The number of amides is 1. The van der Waals surface area contributed by atoms with Crippen LogP contribution < -0.4 is 10.6 Å². The molecule has 4 rings (SSSR count). The SMILES string of the molecule is CC1(C)CC(NC(=O)CN2CCC(c3c[nH]c4cc(F)ccc34)CC2)CC(C)(C)N1.O=C(O)C(F)(F)F. The summed E-state index contributed by atoms with van der Waals surface area (Å²) < 4.78 is 45.2. The van der Waals surface area contributed by atoms with Crippen LogP contribution in [0.3, 0.4) is 0 Å². The predicted molar refractivity (Wildman–Crippen MR) is 133 cm³/mol. The Bertz CT molecular complexity index is 1090. The summed E-state index contributed by atoms with van der Waals surface area (Å²) >= 11 is 0. The molecule has 2 aliphatic heterocycles. The number of aromatic nitrogens is 1. The number of carbonyl (C=O) groups is 2. The molecule has 0 saturated carbocycles. The molecule has 11 heteroatoms. The number of hydrogen-bond acceptors (Lipinski definition) is 4. The van der Waals surface area contributed by atoms with Crippen molar-refractivity contribution in [1.29, 1.82) is 0 Å². The van der Waals surface area contributed by atoms with E-state index in [0.29, 0.717) is 12.5 Å². The number of halogens is 4. The molecular weight excluding hydrogens is 492 g/mol. The van der Waals surface area contributed by atoms with E-state index in [2.05, 4.69) is 48.2 Å². The van der Waals surface area contributed by atoms with Crippen LogP contribution in [-0.4, -0.2) is 69.8 Å². The van der Waals surface area contributed by atoms with E-state index in [0.717, 1.165) is 49.7 Å². The smallest absolute Gasteiger partial charge is 0.475 e. The molecule has 0 bridgehead atoms. The highest BCUT2D eigenvalue weighted by Gasteiger charge is 2.39. The van der Waals surface area contributed by atoms with Gasteiger partial charge in [-0.05, 0) is 96.1 Å². The lowest BCUT2D eigenvalue weighted by Crippen LogP contribution is -2.62. The van der Waals surface area contributed by atoms with Gasteiger partial charge in [-0.1, -0.05) is 0 Å². The maximum absolute atomic E-state index is 13.4. The van der Waals surface area contributed by atoms with Gasteiger partial charge in [0, 0.05) is 34.2 Å². The Hall–Kier alpha value is -2.66. The first kappa shape index (κ1) is 28.9. The number of rotatable bonds is 4. The van der Waals surface area contributed by atoms with Gasteiger partial charge in [-0.25, -0.2) is 9.18 Å². The maximum Gasteiger partial charge on any atom is 0.490 e. The summed E-state index contributed by atoms with van der Waals surface area (Å²) in [5.41, 5.74) is 2.19. The minimum atomic E-state index is -5.08. The van der Waals surface area contributed by atoms with Gasteiger partial charge in [0.25, 0.3) is 0 Å². The maximum atomic E-state index is 13.4. The van der Waals surface area contributed by atoms with Crippen LogP contribution in [0.25, 0.3) is 10.9 Å². The molecule has 1 amide bonds. The van der Waals surface area contributed by atoms with Crippen LogP contribution in [0.5, 0.6) is 0 Å². The molecule has 0 unspecified atom stereocenters. The molecule has 3 heterocycles. The second-order valence-electron chi connectivity index (χ2n) is 11.4. The number of fused-ring (bicyclic) bond motifs is 1. The summed E-state index contributed by atoms with van der Waals surface area (Å²) in [4.78, 5) is 27.1. The molecule has 7 nitrogen and oxygen atoms in total. The van der Waals surface area contributed by atoms with Crippen molar-refractivity contribution in [2.45, 2.75) is 82.6 Å². The first-order valence-corrected chi connectivity index (χ1v) is 12.4. The standard InChI is InChI=1S/C24H35FN4O.C2HF3O2/c1-23(2)12-18(13-24(3,4)28-23)27-22(30)15-29-9-7-16(8-10-29)20-14-26-21-11-17(25)5-6-19(20)21;3-2(4,5)1(6)7/h5-6,11,14,16,18,26,28H,7-10,12-13,15H2,1-4H3,(H,27,30);(H,6,7). The van der Waals surface area contributed by atoms with E-state index < -0.39 is 12.1 Å². The van der Waals surface area contributed by atoms with E-state index in [1.165, 1.54) is 11.6 Å². The topological polar surface area (TPSA) is 97.5 Å². The quantitative estimate of drug-likeness (QED) is 0.437. The Morgan fingerprint density at radius 2 is 1.68 bits per heavy atom. The molecule has 2 aliphatic rings. The first-order chi connectivity index (χ1) is 17.0. The first-order valence-electron chi connectivity index (χ1n) is 12.4. The van der Waals surface area contributed by atoms with Gasteiger partial charge >= 0.3 is 12.1 Å². The van der Waals surface area contributed by atoms with Gasteiger partial charge in [-0.3, -0.25) is 9.69 Å². The summed E-state index contributed by atoms with van der Waals surface area (Å²) in [5.74, 6) is -2.38. The van der Waals surface area contributed by atoms with E-state index in [1.807, 2.05) is 12.3 Å². The van der Waals surface area contributed by atoms with Crippen molar-refractivity contribution in [1.82, 2.24) is 20.5 Å². The van der Waals surface area contributed by atoms with E-state index in [9.17, 15) is 22.4 Å². The summed E-state index contributed by atoms with van der Waals surface area (Å²) in [6.07, 6.45) is 0.880. The van der Waals surface area contributed by atoms with Crippen molar-refractivity contribution in [3.8, 4) is 0 Å². The molecule has 0 spiro atoms. The van der Waals surface area contributed by atoms with Crippen LogP contribution >= 0.6 is 0 Å². The van der Waals surface area contributed by atoms with E-state index >= 15 is 0 Å². The number of nitrogens with zero attached hydrogens (tertiary/aromatic N) is 1. The average Bonchev–Trinajstić information content (AvgIpc) is 3.14. The zero-order valence-corrected chi connectivity index (χ0v) is 21.6. The molecule has 0 radical (unpaired) electrons. The Balaban J connectivity index is 0.000000479. The molecule has 2 saturated heterocycles. The molecular formula is C26H36F4N4O3. The van der Waals surface area contributed by atoms with E-state index in [4.69, 9.17) is 9.90 Å². The van der Waals surface area contributed by atoms with Crippen molar-refractivity contribution < 1.29 is 32.3 Å². The van der Waals surface area contributed by atoms with Gasteiger partial charge in [0.1, 0.15) is 5.82 Å². The molecule has 1 aromatic heterocycles. The van der Waals surface area contributed by atoms with Crippen LogP contribution in [0.1, 0.15) is 64.9 Å². The number of benzene rings is 1. The predicted octanol–water partition coefficient (Wildman–Crippen LogP) is 4.55. The third kappa shape index (κ3) is 8.16. The Morgan fingerprint density at radius 1 is 1.11 bits per heavy atom. The highest BCUT2D eigenvalue weighted by atomic mass is 19.4. The summed E-state index contributed by atoms with van der Waals surface area (Å²) in [7, 11) is 0. The van der Waals surface area contributed by atoms with Crippen LogP contribution in [0, 0.1) is 5.82 Å². The van der Waals surface area contributed by atoms with Crippen molar-refractivity contribution in [3.05, 3.63) is 35.8 Å². The fraction of sp³-hybridized carbons (Fsp3) is 0.615. The zero-order chi connectivity index (χ0) is 27.6. The molecule has 1 aromatic carbocycles. The van der Waals surface area contributed by atoms with Gasteiger partial charge in [-0.15, -0.1) is 0 Å². The monoisotopic (exact) mass is 528 g/mol. The number of alkyl halides is 3. The summed E-state index contributed by atoms with van der Waals surface area (Å²) in [5, 5.41) is 15.2. The molecule has 2 fully saturated rings. The van der Waals surface area contributed by atoms with Crippen LogP contribution in [0.4, 0.5) is 17.6 Å². The molecule has 206 valence electrons. The second-order valence-corrected chi connectivity index (χ2v) is 11.4. The van der Waals surface area contributed by atoms with Gasteiger partial charge < -0.3 is 20.7 Å². The average molecular weight is 529 g/mol. The largest absolute Gasteiger partial charge is 0.490 e. The van der Waals surface area contributed by atoms with Gasteiger partial charge in [-0.2, -0.15) is 13.2 Å². The summed E-state index contributed by atoms with van der Waals surface area (Å²) in [6.45, 7) is 11.1. The highest BCUT2D eigenvalue weighted by Crippen LogP contribution is 2.33. The second kappa shape index (κ2) is 11.0. The number of aromatic amines is 1. The Kier molecular flexibility index (Phi) is 8.58. The van der Waals surface area contributed by atoms with Crippen molar-refractivity contribution >= 4 is 22.8 Å². The summed E-state index contributed by atoms with van der Waals surface area (Å²) in [6, 6.07) is 5.18. The van der Waals surface area contributed by atoms with E-state index in [-0.39, 0.29) is 28.8 Å². The van der Waals surface area contributed by atoms with E-state index in [1.54, 1.807) is 6.07 Å². The Morgan fingerprint density at radius 3 is 2.22 bits per heavy atom. The molecule has 0 aliphatic carbocycles. The number of nitrogens with one attached hydrogen (secondary N) is 3. The van der Waals surface area contributed by atoms with Crippen LogP contribution in [-0.2, 0) is 9.59 Å². The Labute approximate surface area is 214 Å². The van der Waals surface area contributed by atoms with Crippen LogP contribution in [0.2, 0.25) is 0 Å². The minimum absolute atomic E-state index is 0.0281. The van der Waals surface area contributed by atoms with Gasteiger partial charge in [0.2, 0.25) is 5.91 Å². The number of H-pyrrole nitrogens is 1. The lowest BCUT2D eigenvalue weighted by molar-refractivity contribution is -0.192. The number of carboxylic acids is 1. The number of hydrogen-bond donors (Lipinski definition) is 4. The molecule has 2 aromatic rings. The number of likely N-dealkylation sites (tertiary alicyclic amines) is 1. The fourth-order valence-corrected chi connectivity index (χ4v) is 5.76. The van der Waals surface area contributed by atoms with Gasteiger partial charge in [0.05, 0.1) is 6.54 Å². The third-order valence-electron chi connectivity index (χ3n) is 6.87. The molecule has 37 heavy (non-hydrogen) atoms. The van der Waals surface area contributed by atoms with Crippen molar-refractivity contribution in [2.24, 2.45) is 0 Å². The van der Waals surface area contributed by atoms with Crippen LogP contribution in [0.15, 0.2) is 24.4 Å². The van der Waals surface area contributed by atoms with Gasteiger partial charge in [0.15, 0.2) is 0 Å². The number of carbonyl (C=O) groups excluding carboxylic acids is 1. The lowest BCUT2D eigenvalue weighted by Gasteiger charge is -2.46. The molecule has 4 N–H and O–H groups in total. The van der Waals surface area contributed by atoms with Crippen molar-refractivity contribution in [3.63, 3.8) is 0 Å². The fourth-order valence-electron chi connectivity index (χ4n) is 5.76. The zero-order valence-electron chi connectivity index (χ0n) is 21.6. The third-order valence-corrected chi connectivity index (χ3v) is 6.87. The number of carboxylic acid groups (broad SMARTS) is 1.